The minimum Gasteiger partial charge on any atom is -0.267 e. The molecule has 0 radical (unpaired) electrons. The van der Waals surface area contributed by atoms with E-state index in [-0.39, 0.29) is 0 Å². The highest BCUT2D eigenvalue weighted by Crippen LogP contribution is 2.34. The molecule has 0 bridgehead atoms. The van der Waals surface area contributed by atoms with Gasteiger partial charge in [0.15, 0.2) is 0 Å². The summed E-state index contributed by atoms with van der Waals surface area (Å²) in [5.41, 5.74) is 1.39. The van der Waals surface area contributed by atoms with E-state index < -0.39 is 11.7 Å². The van der Waals surface area contributed by atoms with Gasteiger partial charge in [0.25, 0.3) is 0 Å². The lowest BCUT2D eigenvalue weighted by atomic mass is 10.1. The van der Waals surface area contributed by atoms with Gasteiger partial charge in [-0.15, -0.1) is 0 Å². The third-order valence-electron chi connectivity index (χ3n) is 3.22. The fraction of sp³-hybridized carbons (Fsp3) is 0.133. The molecule has 3 rings (SSSR count). The van der Waals surface area contributed by atoms with Crippen LogP contribution in [-0.2, 0) is 13.2 Å². The van der Waals surface area contributed by atoms with Crippen LogP contribution in [0, 0.1) is 0 Å². The lowest BCUT2D eigenvalue weighted by molar-refractivity contribution is -0.137. The summed E-state index contributed by atoms with van der Waals surface area (Å²) in [6.07, 6.45) is -4.35. The summed E-state index contributed by atoms with van der Waals surface area (Å²) < 4.78 is 40.1. The van der Waals surface area contributed by atoms with Gasteiger partial charge in [-0.2, -0.15) is 18.3 Å². The van der Waals surface area contributed by atoms with Crippen LogP contribution in [0.2, 0.25) is 0 Å². The van der Waals surface area contributed by atoms with Crippen molar-refractivity contribution < 1.29 is 13.2 Å². The third-order valence-corrected chi connectivity index (χ3v) is 3.22. The maximum absolute atomic E-state index is 12.8. The van der Waals surface area contributed by atoms with E-state index in [2.05, 4.69) is 5.10 Å². The number of alkyl halides is 3. The molecular weight excluding hydrogens is 265 g/mol. The Morgan fingerprint density at radius 2 is 1.70 bits per heavy atom. The van der Waals surface area contributed by atoms with Crippen molar-refractivity contribution in [2.45, 2.75) is 6.18 Å². The normalized spacial score (nSPS) is 12.0. The van der Waals surface area contributed by atoms with Crippen molar-refractivity contribution in [3.05, 3.63) is 54.1 Å². The molecule has 0 saturated heterocycles. The van der Waals surface area contributed by atoms with E-state index in [1.165, 1.54) is 6.07 Å². The molecule has 1 heterocycles. The van der Waals surface area contributed by atoms with Crippen LogP contribution in [-0.4, -0.2) is 9.78 Å². The average molecular weight is 276 g/mol. The van der Waals surface area contributed by atoms with E-state index in [1.54, 1.807) is 11.7 Å². The molecule has 1 aromatic heterocycles. The zero-order valence-electron chi connectivity index (χ0n) is 10.6. The highest BCUT2D eigenvalue weighted by molar-refractivity contribution is 5.93. The molecule has 0 amide bonds. The number of hydrogen-bond donors (Lipinski definition) is 0. The molecule has 0 aliphatic rings. The van der Waals surface area contributed by atoms with Gasteiger partial charge in [-0.1, -0.05) is 30.3 Å². The minimum absolute atomic E-state index is 0.508. The largest absolute Gasteiger partial charge is 0.416 e. The first-order valence-electron chi connectivity index (χ1n) is 6.06. The van der Waals surface area contributed by atoms with E-state index in [0.717, 1.165) is 17.7 Å². The maximum atomic E-state index is 12.8. The number of aryl methyl sites for hydroxylation is 1. The van der Waals surface area contributed by atoms with Crippen LogP contribution in [0.5, 0.6) is 0 Å². The van der Waals surface area contributed by atoms with Crippen molar-refractivity contribution in [2.24, 2.45) is 7.05 Å². The number of aromatic nitrogens is 2. The van der Waals surface area contributed by atoms with E-state index in [1.807, 2.05) is 30.3 Å². The van der Waals surface area contributed by atoms with Crippen LogP contribution >= 0.6 is 0 Å². The number of nitrogens with zero attached hydrogens (tertiary/aromatic N) is 2. The first-order valence-corrected chi connectivity index (χ1v) is 6.06. The van der Waals surface area contributed by atoms with Gasteiger partial charge >= 0.3 is 6.18 Å². The van der Waals surface area contributed by atoms with Crippen LogP contribution in [0.15, 0.2) is 48.5 Å². The van der Waals surface area contributed by atoms with Gasteiger partial charge in [0.1, 0.15) is 5.69 Å². The van der Waals surface area contributed by atoms with E-state index in [4.69, 9.17) is 0 Å². The van der Waals surface area contributed by atoms with Crippen LogP contribution < -0.4 is 0 Å². The Morgan fingerprint density at radius 3 is 2.35 bits per heavy atom. The summed E-state index contributed by atoms with van der Waals surface area (Å²) in [5.74, 6) is 0. The summed E-state index contributed by atoms with van der Waals surface area (Å²) in [5, 5.41) is 4.84. The van der Waals surface area contributed by atoms with Crippen molar-refractivity contribution in [1.29, 1.82) is 0 Å². The molecule has 0 atom stereocenters. The number of fused-ring (bicyclic) bond motifs is 1. The Labute approximate surface area is 113 Å². The summed E-state index contributed by atoms with van der Waals surface area (Å²) in [4.78, 5) is 0. The molecule has 3 aromatic rings. The third kappa shape index (κ3) is 2.05. The van der Waals surface area contributed by atoms with Crippen LogP contribution in [0.3, 0.4) is 0 Å². The molecule has 0 saturated carbocycles. The van der Waals surface area contributed by atoms with Crippen LogP contribution in [0.4, 0.5) is 13.2 Å². The first kappa shape index (κ1) is 12.7. The SMILES string of the molecule is Cn1nc(-c2ccccc2)c2cc(C(F)(F)F)ccc21. The molecular formula is C15H11F3N2. The monoisotopic (exact) mass is 276 g/mol. The van der Waals surface area contributed by atoms with Gasteiger partial charge in [0, 0.05) is 18.0 Å². The second-order valence-electron chi connectivity index (χ2n) is 4.57. The van der Waals surface area contributed by atoms with Crippen molar-refractivity contribution >= 4 is 10.9 Å². The highest BCUT2D eigenvalue weighted by Gasteiger charge is 2.31. The first-order chi connectivity index (χ1) is 9.47. The van der Waals surface area contributed by atoms with Crippen molar-refractivity contribution in [1.82, 2.24) is 9.78 Å². The summed E-state index contributed by atoms with van der Waals surface area (Å²) in [6.45, 7) is 0. The molecule has 102 valence electrons. The average Bonchev–Trinajstić information content (AvgIpc) is 2.76. The number of rotatable bonds is 1. The number of halogens is 3. The topological polar surface area (TPSA) is 17.8 Å². The fourth-order valence-electron chi connectivity index (χ4n) is 2.25. The van der Waals surface area contributed by atoms with Crippen LogP contribution in [0.25, 0.3) is 22.2 Å². The van der Waals surface area contributed by atoms with Gasteiger partial charge in [0.05, 0.1) is 11.1 Å². The quantitative estimate of drug-likeness (QED) is 0.649. The smallest absolute Gasteiger partial charge is 0.267 e. The lowest BCUT2D eigenvalue weighted by Gasteiger charge is -2.06. The molecule has 0 aliphatic carbocycles. The summed E-state index contributed by atoms with van der Waals surface area (Å²) in [7, 11) is 1.72. The molecule has 0 spiro atoms. The number of hydrogen-bond acceptors (Lipinski definition) is 1. The standard InChI is InChI=1S/C15H11F3N2/c1-20-13-8-7-11(15(16,17)18)9-12(13)14(19-20)10-5-3-2-4-6-10/h2-9H,1H3. The minimum atomic E-state index is -4.35. The molecule has 2 nitrogen and oxygen atoms in total. The summed E-state index contributed by atoms with van der Waals surface area (Å²) >= 11 is 0. The lowest BCUT2D eigenvalue weighted by Crippen LogP contribution is -2.04. The Bertz CT molecular complexity index is 758. The van der Waals surface area contributed by atoms with Crippen molar-refractivity contribution in [3.8, 4) is 11.3 Å². The summed E-state index contributed by atoms with van der Waals surface area (Å²) in [6, 6.07) is 12.9. The Morgan fingerprint density at radius 1 is 1.00 bits per heavy atom. The van der Waals surface area contributed by atoms with Gasteiger partial charge in [-0.3, -0.25) is 4.68 Å². The second-order valence-corrected chi connectivity index (χ2v) is 4.57. The predicted octanol–water partition coefficient (Wildman–Crippen LogP) is 4.26. The van der Waals surface area contributed by atoms with Crippen molar-refractivity contribution in [3.63, 3.8) is 0 Å². The van der Waals surface area contributed by atoms with Gasteiger partial charge in [-0.05, 0) is 18.2 Å². The second kappa shape index (κ2) is 4.37. The van der Waals surface area contributed by atoms with Crippen LogP contribution in [0.1, 0.15) is 5.56 Å². The molecule has 2 aromatic carbocycles. The van der Waals surface area contributed by atoms with E-state index in [9.17, 15) is 13.2 Å². The number of benzene rings is 2. The molecule has 0 unspecified atom stereocenters. The Kier molecular flexibility index (Phi) is 2.78. The maximum Gasteiger partial charge on any atom is 0.416 e. The molecule has 0 N–H and O–H groups in total. The van der Waals surface area contributed by atoms with Gasteiger partial charge in [-0.25, -0.2) is 0 Å². The Hall–Kier alpha value is -2.30. The van der Waals surface area contributed by atoms with Gasteiger partial charge < -0.3 is 0 Å². The fourth-order valence-corrected chi connectivity index (χ4v) is 2.25. The Balaban J connectivity index is 2.28. The zero-order valence-corrected chi connectivity index (χ0v) is 10.6. The van der Waals surface area contributed by atoms with Gasteiger partial charge in [0.2, 0.25) is 0 Å². The zero-order chi connectivity index (χ0) is 14.3. The van der Waals surface area contributed by atoms with E-state index in [0.29, 0.717) is 16.6 Å². The van der Waals surface area contributed by atoms with Crippen molar-refractivity contribution in [2.75, 3.05) is 0 Å². The molecule has 0 fully saturated rings. The predicted molar refractivity (Wildman–Crippen MR) is 71.2 cm³/mol. The highest BCUT2D eigenvalue weighted by atomic mass is 19.4. The molecule has 20 heavy (non-hydrogen) atoms. The van der Waals surface area contributed by atoms with E-state index >= 15 is 0 Å². The molecule has 0 aliphatic heterocycles. The molecule has 5 heteroatoms.